The molecule has 12 heteroatoms. The van der Waals surface area contributed by atoms with E-state index in [2.05, 4.69) is 44.2 Å². The van der Waals surface area contributed by atoms with Gasteiger partial charge in [-0.1, -0.05) is 31.2 Å². The van der Waals surface area contributed by atoms with Gasteiger partial charge in [0, 0.05) is 46.5 Å². The topological polar surface area (TPSA) is 135 Å². The molecule has 0 aliphatic carbocycles. The molecular weight excluding hydrogens is 660 g/mol. The third-order valence-electron chi connectivity index (χ3n) is 9.25. The molecule has 0 bridgehead atoms. The van der Waals surface area contributed by atoms with Crippen molar-refractivity contribution in [2.24, 2.45) is 0 Å². The molecule has 0 spiro atoms. The summed E-state index contributed by atoms with van der Waals surface area (Å²) < 4.78 is 24.0. The Kier molecular flexibility index (Phi) is 9.26. The van der Waals surface area contributed by atoms with Gasteiger partial charge in [0.1, 0.15) is 47.6 Å². The van der Waals surface area contributed by atoms with E-state index in [1.165, 1.54) is 0 Å². The number of ether oxygens (including phenoxy) is 4. The maximum Gasteiger partial charge on any atom is 0.410 e. The van der Waals surface area contributed by atoms with Gasteiger partial charge in [-0.2, -0.15) is 0 Å². The number of nitrogens with one attached hydrogen (secondary N) is 2. The second-order valence-corrected chi connectivity index (χ2v) is 15.6. The lowest BCUT2D eigenvalue weighted by Crippen LogP contribution is -2.37. The number of rotatable bonds is 7. The average Bonchev–Trinajstić information content (AvgIpc) is 3.87. The van der Waals surface area contributed by atoms with Crippen LogP contribution in [0, 0.1) is 0 Å². The monoisotopic (exact) mass is 708 g/mol. The summed E-state index contributed by atoms with van der Waals surface area (Å²) in [5, 5.41) is 0. The van der Waals surface area contributed by atoms with Gasteiger partial charge < -0.3 is 33.8 Å². The highest BCUT2D eigenvalue weighted by Crippen LogP contribution is 2.45. The average molecular weight is 709 g/mol. The van der Waals surface area contributed by atoms with Crippen molar-refractivity contribution in [1.29, 1.82) is 0 Å². The summed E-state index contributed by atoms with van der Waals surface area (Å²) in [4.78, 5) is 45.2. The van der Waals surface area contributed by atoms with Crippen molar-refractivity contribution >= 4 is 23.3 Å². The third-order valence-corrected chi connectivity index (χ3v) is 9.25. The Morgan fingerprint density at radius 2 is 1.46 bits per heavy atom. The first kappa shape index (κ1) is 35.2. The summed E-state index contributed by atoms with van der Waals surface area (Å²) >= 11 is 0. The lowest BCUT2D eigenvalue weighted by atomic mass is 9.89. The van der Waals surface area contributed by atoms with E-state index in [1.54, 1.807) is 16.0 Å². The molecule has 274 valence electrons. The van der Waals surface area contributed by atoms with Crippen LogP contribution < -0.4 is 9.47 Å². The van der Waals surface area contributed by atoms with E-state index in [9.17, 15) is 9.59 Å². The summed E-state index contributed by atoms with van der Waals surface area (Å²) in [5.74, 6) is 3.02. The van der Waals surface area contributed by atoms with Crippen LogP contribution in [0.4, 0.5) is 9.59 Å². The molecule has 4 aromatic rings. The largest absolute Gasteiger partial charge is 0.488 e. The van der Waals surface area contributed by atoms with Crippen molar-refractivity contribution in [2.45, 2.75) is 91.5 Å². The summed E-state index contributed by atoms with van der Waals surface area (Å²) in [6, 6.07) is 12.2. The number of nitrogens with zero attached hydrogens (tertiary/aromatic N) is 4. The van der Waals surface area contributed by atoms with E-state index in [1.807, 2.05) is 66.8 Å². The normalized spacial score (nSPS) is 16.8. The van der Waals surface area contributed by atoms with Crippen LogP contribution in [0.5, 0.6) is 11.5 Å². The van der Waals surface area contributed by atoms with Crippen molar-refractivity contribution in [2.75, 3.05) is 26.3 Å². The molecule has 3 aliphatic rings. The highest BCUT2D eigenvalue weighted by atomic mass is 16.6. The van der Waals surface area contributed by atoms with Crippen LogP contribution in [0.3, 0.4) is 0 Å². The summed E-state index contributed by atoms with van der Waals surface area (Å²) in [5.41, 5.74) is 6.69. The lowest BCUT2D eigenvalue weighted by Gasteiger charge is -2.30. The number of H-pyrrole nitrogens is 2. The minimum Gasteiger partial charge on any atom is -0.488 e. The molecular formula is C40H48N6O6. The Labute approximate surface area is 304 Å². The van der Waals surface area contributed by atoms with Gasteiger partial charge in [0.25, 0.3) is 0 Å². The van der Waals surface area contributed by atoms with Gasteiger partial charge in [-0.3, -0.25) is 4.90 Å². The Bertz CT molecular complexity index is 2010. The Morgan fingerprint density at radius 1 is 0.865 bits per heavy atom. The zero-order valence-electron chi connectivity index (χ0n) is 31.1. The summed E-state index contributed by atoms with van der Waals surface area (Å²) in [6.45, 7) is 15.7. The van der Waals surface area contributed by atoms with E-state index in [-0.39, 0.29) is 18.2 Å². The summed E-state index contributed by atoms with van der Waals surface area (Å²) in [7, 11) is 0. The van der Waals surface area contributed by atoms with E-state index >= 15 is 0 Å². The van der Waals surface area contributed by atoms with Crippen LogP contribution in [0.25, 0.3) is 33.7 Å². The Hall–Kier alpha value is -5.26. The molecule has 1 unspecified atom stereocenters. The van der Waals surface area contributed by atoms with Crippen LogP contribution in [0.2, 0.25) is 0 Å². The lowest BCUT2D eigenvalue weighted by molar-refractivity contribution is 0.0212. The highest BCUT2D eigenvalue weighted by molar-refractivity contribution is 5.98. The van der Waals surface area contributed by atoms with E-state index in [0.29, 0.717) is 38.7 Å². The van der Waals surface area contributed by atoms with Crippen LogP contribution >= 0.6 is 0 Å². The van der Waals surface area contributed by atoms with Crippen molar-refractivity contribution in [3.8, 4) is 34.0 Å². The fraction of sp³-hybridized carbons (Fsp3) is 0.450. The van der Waals surface area contributed by atoms with Crippen LogP contribution in [0.1, 0.15) is 96.5 Å². The molecule has 1 saturated heterocycles. The molecule has 2 amide bonds. The number of benzene rings is 2. The maximum absolute atomic E-state index is 12.9. The van der Waals surface area contributed by atoms with Crippen molar-refractivity contribution in [3.05, 3.63) is 71.6 Å². The number of aromatic amines is 2. The summed E-state index contributed by atoms with van der Waals surface area (Å²) in [6.07, 6.45) is 5.48. The Morgan fingerprint density at radius 3 is 2.06 bits per heavy atom. The molecule has 12 nitrogen and oxygen atoms in total. The fourth-order valence-electron chi connectivity index (χ4n) is 6.92. The van der Waals surface area contributed by atoms with Gasteiger partial charge in [0.2, 0.25) is 0 Å². The second kappa shape index (κ2) is 13.7. The van der Waals surface area contributed by atoms with E-state index in [0.717, 1.165) is 81.4 Å². The smallest absolute Gasteiger partial charge is 0.410 e. The zero-order valence-corrected chi connectivity index (χ0v) is 31.1. The minimum atomic E-state index is -0.570. The third kappa shape index (κ3) is 7.37. The molecule has 52 heavy (non-hydrogen) atoms. The number of likely N-dealkylation sites (tertiary alicyclic amines) is 1. The van der Waals surface area contributed by atoms with Gasteiger partial charge in [-0.25, -0.2) is 19.6 Å². The SMILES string of the molecule is CCCN(Cc1ncc(-c2ccc3c(c2)OCC2=C3COc3cc(-c4cnc(C5CCCN5C(=O)OC(C)(C)C)[nH]4)ccc32)[nH]1)C(=O)OC(C)(C)C. The van der Waals surface area contributed by atoms with Crippen LogP contribution in [0.15, 0.2) is 48.8 Å². The molecule has 0 saturated carbocycles. The van der Waals surface area contributed by atoms with E-state index < -0.39 is 11.2 Å². The van der Waals surface area contributed by atoms with Gasteiger partial charge >= 0.3 is 12.2 Å². The minimum absolute atomic E-state index is 0.152. The molecule has 5 heterocycles. The zero-order chi connectivity index (χ0) is 36.8. The molecule has 1 fully saturated rings. The van der Waals surface area contributed by atoms with Crippen molar-refractivity contribution < 1.29 is 28.5 Å². The number of carbonyl (C=O) groups excluding carboxylic acids is 2. The predicted molar refractivity (Wildman–Crippen MR) is 198 cm³/mol. The Balaban J connectivity index is 1.06. The molecule has 2 N–H and O–H groups in total. The molecule has 1 atom stereocenters. The number of imidazole rings is 2. The van der Waals surface area contributed by atoms with Crippen molar-refractivity contribution in [1.82, 2.24) is 29.7 Å². The molecule has 2 aromatic heterocycles. The van der Waals surface area contributed by atoms with Crippen LogP contribution in [-0.2, 0) is 16.0 Å². The fourth-order valence-corrected chi connectivity index (χ4v) is 6.92. The predicted octanol–water partition coefficient (Wildman–Crippen LogP) is 8.38. The second-order valence-electron chi connectivity index (χ2n) is 15.6. The van der Waals surface area contributed by atoms with Crippen molar-refractivity contribution in [3.63, 3.8) is 0 Å². The van der Waals surface area contributed by atoms with Crippen LogP contribution in [-0.4, -0.2) is 79.4 Å². The van der Waals surface area contributed by atoms with Gasteiger partial charge in [-0.05, 0) is 72.9 Å². The van der Waals surface area contributed by atoms with Gasteiger partial charge in [-0.15, -0.1) is 0 Å². The standard InChI is InChI=1S/C40H48N6O6/c1-8-15-45(37(47)51-39(2,3)4)21-35-41-19-30(43-35)24-11-13-26-28-23-50-34-18-25(12-14-27(34)29(28)22-49-33(26)17-24)31-20-42-36(44-31)32-10-9-16-46(32)38(48)52-40(5,6)7/h11-14,17-20,32H,8-10,15-16,21-23H2,1-7H3,(H,41,43)(H,42,44). The number of hydrogen-bond donors (Lipinski definition) is 2. The van der Waals surface area contributed by atoms with E-state index in [4.69, 9.17) is 18.9 Å². The number of carbonyl (C=O) groups is 2. The van der Waals surface area contributed by atoms with Gasteiger partial charge in [0.05, 0.1) is 36.4 Å². The number of aromatic nitrogens is 4. The first-order valence-corrected chi connectivity index (χ1v) is 18.1. The molecule has 7 rings (SSSR count). The highest BCUT2D eigenvalue weighted by Gasteiger charge is 2.35. The van der Waals surface area contributed by atoms with Gasteiger partial charge in [0.15, 0.2) is 0 Å². The molecule has 2 aromatic carbocycles. The molecule has 3 aliphatic heterocycles. The number of fused-ring (bicyclic) bond motifs is 4. The number of amides is 2. The maximum atomic E-state index is 12.9. The number of hydrogen-bond acceptors (Lipinski definition) is 8. The molecule has 0 radical (unpaired) electrons. The quantitative estimate of drug-likeness (QED) is 0.196. The first-order valence-electron chi connectivity index (χ1n) is 18.1. The first-order chi connectivity index (χ1) is 24.8.